The van der Waals surface area contributed by atoms with Crippen LogP contribution in [-0.4, -0.2) is 26.5 Å². The minimum atomic E-state index is 0.376. The lowest BCUT2D eigenvalue weighted by atomic mass is 10.0. The monoisotopic (exact) mass is 255 g/mol. The van der Waals surface area contributed by atoms with Gasteiger partial charge in [-0.3, -0.25) is 0 Å². The van der Waals surface area contributed by atoms with Crippen molar-refractivity contribution in [2.24, 2.45) is 0 Å². The number of aldehydes is 1. The first kappa shape index (κ1) is 14.0. The second-order valence-corrected chi connectivity index (χ2v) is 4.31. The van der Waals surface area contributed by atoms with Crippen molar-refractivity contribution in [2.75, 3.05) is 20.2 Å². The summed E-state index contributed by atoms with van der Waals surface area (Å²) in [5, 5.41) is 3.82. The molecule has 0 atom stereocenters. The number of hydrogen-bond donors (Lipinski definition) is 1. The summed E-state index contributed by atoms with van der Waals surface area (Å²) in [7, 11) is 1.66. The molecule has 0 radical (unpaired) electrons. The predicted molar refractivity (Wildman–Crippen MR) is 70.1 cm³/mol. The lowest BCUT2D eigenvalue weighted by Crippen LogP contribution is -2.19. The fourth-order valence-corrected chi connectivity index (χ4v) is 2.00. The van der Waals surface area contributed by atoms with E-state index in [-0.39, 0.29) is 0 Å². The van der Waals surface area contributed by atoms with Crippen LogP contribution in [0.3, 0.4) is 0 Å². The molecule has 0 amide bonds. The Labute approximate surface area is 107 Å². The van der Waals surface area contributed by atoms with Crippen LogP contribution in [0, 0.1) is 13.8 Å². The SMILES string of the molecule is COc1cc(C)c(Cl)c(C)c1CCNCC=O. The molecule has 1 rings (SSSR count). The molecule has 1 aromatic rings. The molecule has 0 aliphatic carbocycles. The molecule has 1 N–H and O–H groups in total. The van der Waals surface area contributed by atoms with Gasteiger partial charge in [0.2, 0.25) is 0 Å². The molecule has 0 aliphatic heterocycles. The number of halogens is 1. The maximum Gasteiger partial charge on any atom is 0.133 e. The highest BCUT2D eigenvalue weighted by Crippen LogP contribution is 2.31. The second-order valence-electron chi connectivity index (χ2n) is 3.93. The molecule has 0 fully saturated rings. The van der Waals surface area contributed by atoms with Gasteiger partial charge in [0, 0.05) is 5.02 Å². The van der Waals surface area contributed by atoms with Crippen molar-refractivity contribution in [1.82, 2.24) is 5.32 Å². The van der Waals surface area contributed by atoms with Gasteiger partial charge in [-0.1, -0.05) is 11.6 Å². The maximum absolute atomic E-state index is 10.2. The first-order chi connectivity index (χ1) is 8.11. The van der Waals surface area contributed by atoms with E-state index in [1.165, 1.54) is 0 Å². The summed E-state index contributed by atoms with van der Waals surface area (Å²) in [6, 6.07) is 1.95. The Morgan fingerprint density at radius 1 is 1.47 bits per heavy atom. The van der Waals surface area contributed by atoms with Gasteiger partial charge in [0.05, 0.1) is 13.7 Å². The molecular weight excluding hydrogens is 238 g/mol. The molecule has 0 saturated heterocycles. The molecule has 17 heavy (non-hydrogen) atoms. The summed E-state index contributed by atoms with van der Waals surface area (Å²) in [5.74, 6) is 0.859. The van der Waals surface area contributed by atoms with E-state index in [0.29, 0.717) is 6.54 Å². The van der Waals surface area contributed by atoms with Crippen LogP contribution in [-0.2, 0) is 11.2 Å². The predicted octanol–water partition coefficient (Wildman–Crippen LogP) is 2.30. The minimum absolute atomic E-state index is 0.376. The van der Waals surface area contributed by atoms with E-state index in [4.69, 9.17) is 16.3 Å². The van der Waals surface area contributed by atoms with Gasteiger partial charge < -0.3 is 14.8 Å². The first-order valence-electron chi connectivity index (χ1n) is 5.58. The number of rotatable bonds is 6. The maximum atomic E-state index is 10.2. The third-order valence-electron chi connectivity index (χ3n) is 2.77. The quantitative estimate of drug-likeness (QED) is 0.626. The van der Waals surface area contributed by atoms with Gasteiger partial charge in [0.25, 0.3) is 0 Å². The molecule has 4 heteroatoms. The van der Waals surface area contributed by atoms with Crippen LogP contribution in [0.5, 0.6) is 5.75 Å². The van der Waals surface area contributed by atoms with E-state index in [1.54, 1.807) is 7.11 Å². The molecule has 0 aromatic heterocycles. The molecule has 0 heterocycles. The normalized spacial score (nSPS) is 10.4. The van der Waals surface area contributed by atoms with Crippen LogP contribution in [0.1, 0.15) is 16.7 Å². The standard InChI is InChI=1S/C13H18ClNO2/c1-9-8-12(17-3)11(10(2)13(9)14)4-5-15-6-7-16/h7-8,15H,4-6H2,1-3H3. The van der Waals surface area contributed by atoms with Gasteiger partial charge >= 0.3 is 0 Å². The van der Waals surface area contributed by atoms with E-state index in [1.807, 2.05) is 19.9 Å². The molecule has 3 nitrogen and oxygen atoms in total. The zero-order chi connectivity index (χ0) is 12.8. The summed E-state index contributed by atoms with van der Waals surface area (Å²) in [4.78, 5) is 10.2. The Morgan fingerprint density at radius 3 is 2.76 bits per heavy atom. The van der Waals surface area contributed by atoms with Crippen molar-refractivity contribution in [2.45, 2.75) is 20.3 Å². The molecule has 0 saturated carbocycles. The topological polar surface area (TPSA) is 38.3 Å². The van der Waals surface area contributed by atoms with Crippen LogP contribution in [0.2, 0.25) is 5.02 Å². The molecule has 0 aliphatic rings. The minimum Gasteiger partial charge on any atom is -0.496 e. The number of methoxy groups -OCH3 is 1. The summed E-state index contributed by atoms with van der Waals surface area (Å²) in [5.41, 5.74) is 3.17. The Hall–Kier alpha value is -1.06. The zero-order valence-corrected chi connectivity index (χ0v) is 11.2. The number of benzene rings is 1. The van der Waals surface area contributed by atoms with E-state index in [0.717, 1.165) is 46.7 Å². The Morgan fingerprint density at radius 2 is 2.18 bits per heavy atom. The van der Waals surface area contributed by atoms with Crippen LogP contribution in [0.15, 0.2) is 6.07 Å². The van der Waals surface area contributed by atoms with E-state index in [2.05, 4.69) is 5.32 Å². The van der Waals surface area contributed by atoms with E-state index >= 15 is 0 Å². The van der Waals surface area contributed by atoms with Crippen LogP contribution in [0.25, 0.3) is 0 Å². The molecule has 94 valence electrons. The van der Waals surface area contributed by atoms with Crippen LogP contribution < -0.4 is 10.1 Å². The van der Waals surface area contributed by atoms with Gasteiger partial charge in [0.15, 0.2) is 0 Å². The smallest absolute Gasteiger partial charge is 0.133 e. The number of hydrogen-bond acceptors (Lipinski definition) is 3. The van der Waals surface area contributed by atoms with Gasteiger partial charge in [-0.15, -0.1) is 0 Å². The Kier molecular flexibility index (Phi) is 5.45. The van der Waals surface area contributed by atoms with E-state index < -0.39 is 0 Å². The third-order valence-corrected chi connectivity index (χ3v) is 3.35. The lowest BCUT2D eigenvalue weighted by molar-refractivity contribution is -0.107. The van der Waals surface area contributed by atoms with E-state index in [9.17, 15) is 4.79 Å². The highest BCUT2D eigenvalue weighted by molar-refractivity contribution is 6.32. The number of carbonyl (C=O) groups excluding carboxylic acids is 1. The summed E-state index contributed by atoms with van der Waals surface area (Å²) in [6.07, 6.45) is 1.65. The first-order valence-corrected chi connectivity index (χ1v) is 5.96. The van der Waals surface area contributed by atoms with Crippen LogP contribution in [0.4, 0.5) is 0 Å². The summed E-state index contributed by atoms with van der Waals surface area (Å²) >= 11 is 6.22. The second kappa shape index (κ2) is 6.62. The summed E-state index contributed by atoms with van der Waals surface area (Å²) < 4.78 is 5.36. The largest absolute Gasteiger partial charge is 0.496 e. The number of ether oxygens (including phenoxy) is 1. The van der Waals surface area contributed by atoms with Crippen molar-refractivity contribution < 1.29 is 9.53 Å². The van der Waals surface area contributed by atoms with Crippen molar-refractivity contribution in [1.29, 1.82) is 0 Å². The fourth-order valence-electron chi connectivity index (χ4n) is 1.83. The van der Waals surface area contributed by atoms with Gasteiger partial charge in [-0.05, 0) is 49.6 Å². The average molecular weight is 256 g/mol. The fraction of sp³-hybridized carbons (Fsp3) is 0.462. The highest BCUT2D eigenvalue weighted by Gasteiger charge is 2.11. The molecule has 0 spiro atoms. The van der Waals surface area contributed by atoms with Gasteiger partial charge in [-0.25, -0.2) is 0 Å². The van der Waals surface area contributed by atoms with Crippen molar-refractivity contribution in [3.8, 4) is 5.75 Å². The molecule has 0 bridgehead atoms. The lowest BCUT2D eigenvalue weighted by Gasteiger charge is -2.15. The average Bonchev–Trinajstić information content (AvgIpc) is 2.33. The van der Waals surface area contributed by atoms with Gasteiger partial charge in [-0.2, -0.15) is 0 Å². The Balaban J connectivity index is 2.88. The van der Waals surface area contributed by atoms with Crippen molar-refractivity contribution in [3.63, 3.8) is 0 Å². The van der Waals surface area contributed by atoms with Crippen molar-refractivity contribution in [3.05, 3.63) is 27.8 Å². The number of nitrogens with one attached hydrogen (secondary N) is 1. The number of carbonyl (C=O) groups is 1. The van der Waals surface area contributed by atoms with Crippen molar-refractivity contribution >= 4 is 17.9 Å². The third kappa shape index (κ3) is 3.45. The van der Waals surface area contributed by atoms with Crippen LogP contribution >= 0.6 is 11.6 Å². The molecular formula is C13H18ClNO2. The molecule has 1 aromatic carbocycles. The molecule has 0 unspecified atom stereocenters. The zero-order valence-electron chi connectivity index (χ0n) is 10.5. The summed E-state index contributed by atoms with van der Waals surface area (Å²) in [6.45, 7) is 5.06. The van der Waals surface area contributed by atoms with Gasteiger partial charge in [0.1, 0.15) is 12.0 Å². The number of aryl methyl sites for hydroxylation is 1. The Bertz CT molecular complexity index is 405. The highest BCUT2D eigenvalue weighted by atomic mass is 35.5.